The Bertz CT molecular complexity index is 318. The second-order valence-electron chi connectivity index (χ2n) is 2.21. The average Bonchev–Trinajstić information content (AvgIpc) is 2.03. The van der Waals surface area contributed by atoms with Gasteiger partial charge in [0.15, 0.2) is 0 Å². The van der Waals surface area contributed by atoms with Crippen molar-refractivity contribution in [2.45, 2.75) is 5.88 Å². The summed E-state index contributed by atoms with van der Waals surface area (Å²) in [6.07, 6.45) is 0. The molecule has 0 saturated carbocycles. The molecule has 74 valence electrons. The van der Waals surface area contributed by atoms with E-state index in [4.69, 9.17) is 11.6 Å². The molecule has 4 N–H and O–H groups in total. The minimum absolute atomic E-state index is 0.612. The van der Waals surface area contributed by atoms with Crippen molar-refractivity contribution in [3.8, 4) is 0 Å². The van der Waals surface area contributed by atoms with Gasteiger partial charge in [-0.1, -0.05) is 30.3 Å². The zero-order valence-corrected chi connectivity index (χ0v) is 8.42. The molecule has 0 radical (unpaired) electrons. The van der Waals surface area contributed by atoms with Crippen LogP contribution in [0.1, 0.15) is 5.56 Å². The minimum Gasteiger partial charge on any atom is -0.216 e. The molecular weight excluding hydrogens is 212 g/mol. The number of rotatable bonds is 1. The molecular formula is C7H11ClN2O2S. The van der Waals surface area contributed by atoms with Crippen LogP contribution in [0.3, 0.4) is 0 Å². The van der Waals surface area contributed by atoms with E-state index in [1.165, 1.54) is 5.56 Å². The van der Waals surface area contributed by atoms with E-state index in [2.05, 4.69) is 10.3 Å². The molecule has 0 saturated heterocycles. The Balaban J connectivity index is 0.000000252. The number of alkyl halides is 1. The van der Waals surface area contributed by atoms with Crippen LogP contribution in [0.2, 0.25) is 0 Å². The number of hydrogen-bond acceptors (Lipinski definition) is 2. The van der Waals surface area contributed by atoms with E-state index in [-0.39, 0.29) is 0 Å². The maximum atomic E-state index is 9.19. The first-order valence-corrected chi connectivity index (χ1v) is 5.48. The fraction of sp³-hybridized carbons (Fsp3) is 0.143. The van der Waals surface area contributed by atoms with Crippen molar-refractivity contribution < 1.29 is 8.42 Å². The summed E-state index contributed by atoms with van der Waals surface area (Å²) in [5, 5.41) is 8.21. The SMILES string of the molecule is ClCc1ccccc1.NS(N)(=O)=O. The van der Waals surface area contributed by atoms with Crippen molar-refractivity contribution in [1.82, 2.24) is 0 Å². The molecule has 13 heavy (non-hydrogen) atoms. The molecule has 1 aromatic carbocycles. The predicted octanol–water partition coefficient (Wildman–Crippen LogP) is 0.574. The second-order valence-corrected chi connectivity index (χ2v) is 3.65. The second kappa shape index (κ2) is 5.93. The fourth-order valence-electron chi connectivity index (χ4n) is 0.567. The van der Waals surface area contributed by atoms with E-state index in [1.807, 2.05) is 30.3 Å². The van der Waals surface area contributed by atoms with Crippen LogP contribution in [0.25, 0.3) is 0 Å². The van der Waals surface area contributed by atoms with E-state index in [0.717, 1.165) is 0 Å². The van der Waals surface area contributed by atoms with E-state index in [9.17, 15) is 8.42 Å². The lowest BCUT2D eigenvalue weighted by Crippen LogP contribution is -2.21. The van der Waals surface area contributed by atoms with Gasteiger partial charge in [0.2, 0.25) is 0 Å². The monoisotopic (exact) mass is 222 g/mol. The van der Waals surface area contributed by atoms with E-state index < -0.39 is 10.2 Å². The molecule has 1 aromatic rings. The Kier molecular flexibility index (Phi) is 5.65. The maximum absolute atomic E-state index is 9.19. The summed E-state index contributed by atoms with van der Waals surface area (Å²) >= 11 is 5.53. The van der Waals surface area contributed by atoms with Crippen LogP contribution in [-0.4, -0.2) is 8.42 Å². The first-order chi connectivity index (χ1) is 5.93. The molecule has 0 heterocycles. The molecule has 0 amide bonds. The highest BCUT2D eigenvalue weighted by molar-refractivity contribution is 7.86. The van der Waals surface area contributed by atoms with Gasteiger partial charge in [-0.25, -0.2) is 10.3 Å². The van der Waals surface area contributed by atoms with Crippen molar-refractivity contribution in [3.63, 3.8) is 0 Å². The van der Waals surface area contributed by atoms with Crippen molar-refractivity contribution in [2.75, 3.05) is 0 Å². The molecule has 0 unspecified atom stereocenters. The van der Waals surface area contributed by atoms with E-state index >= 15 is 0 Å². The Morgan fingerprint density at radius 1 is 1.15 bits per heavy atom. The molecule has 0 atom stereocenters. The number of halogens is 1. The molecule has 0 aliphatic heterocycles. The van der Waals surface area contributed by atoms with Crippen LogP contribution in [-0.2, 0) is 16.1 Å². The van der Waals surface area contributed by atoms with Crippen LogP contribution in [0.4, 0.5) is 0 Å². The van der Waals surface area contributed by atoms with E-state index in [0.29, 0.717) is 5.88 Å². The zero-order valence-electron chi connectivity index (χ0n) is 6.85. The van der Waals surface area contributed by atoms with E-state index in [1.54, 1.807) is 0 Å². The molecule has 0 aliphatic carbocycles. The normalized spacial score (nSPS) is 10.1. The summed E-state index contributed by atoms with van der Waals surface area (Å²) in [7, 11) is -3.67. The third-order valence-electron chi connectivity index (χ3n) is 0.997. The Morgan fingerprint density at radius 2 is 1.54 bits per heavy atom. The quantitative estimate of drug-likeness (QED) is 0.681. The number of benzene rings is 1. The third kappa shape index (κ3) is 11.4. The van der Waals surface area contributed by atoms with Gasteiger partial charge < -0.3 is 0 Å². The maximum Gasteiger partial charge on any atom is 0.271 e. The van der Waals surface area contributed by atoms with Crippen LogP contribution in [0.5, 0.6) is 0 Å². The summed E-state index contributed by atoms with van der Waals surface area (Å²) in [5.74, 6) is 0.612. The van der Waals surface area contributed by atoms with Gasteiger partial charge in [0, 0.05) is 5.88 Å². The molecule has 1 rings (SSSR count). The van der Waals surface area contributed by atoms with Crippen LogP contribution in [0, 0.1) is 0 Å². The summed E-state index contributed by atoms with van der Waals surface area (Å²) in [6.45, 7) is 0. The van der Waals surface area contributed by atoms with Gasteiger partial charge in [-0.2, -0.15) is 8.42 Å². The van der Waals surface area contributed by atoms with Gasteiger partial charge in [-0.15, -0.1) is 11.6 Å². The third-order valence-corrected chi connectivity index (χ3v) is 1.31. The van der Waals surface area contributed by atoms with Crippen LogP contribution < -0.4 is 10.3 Å². The zero-order chi connectivity index (χ0) is 10.3. The molecule has 6 heteroatoms. The highest BCUT2D eigenvalue weighted by atomic mass is 35.5. The van der Waals surface area contributed by atoms with Gasteiger partial charge in [0.25, 0.3) is 10.2 Å². The first-order valence-electron chi connectivity index (χ1n) is 3.34. The smallest absolute Gasteiger partial charge is 0.216 e. The first kappa shape index (κ1) is 12.4. The Hall–Kier alpha value is -0.620. The molecule has 0 aromatic heterocycles. The number of hydrogen-bond donors (Lipinski definition) is 2. The van der Waals surface area contributed by atoms with Gasteiger partial charge in [0.05, 0.1) is 0 Å². The average molecular weight is 223 g/mol. The van der Waals surface area contributed by atoms with Crippen molar-refractivity contribution >= 4 is 21.8 Å². The highest BCUT2D eigenvalue weighted by Gasteiger charge is 1.81. The van der Waals surface area contributed by atoms with Gasteiger partial charge >= 0.3 is 0 Å². The lowest BCUT2D eigenvalue weighted by atomic mass is 10.2. The van der Waals surface area contributed by atoms with Crippen molar-refractivity contribution in [3.05, 3.63) is 35.9 Å². The fourth-order valence-corrected chi connectivity index (χ4v) is 0.745. The van der Waals surface area contributed by atoms with Crippen molar-refractivity contribution in [2.24, 2.45) is 10.3 Å². The summed E-state index contributed by atoms with van der Waals surface area (Å²) in [5.41, 5.74) is 1.18. The molecule has 0 fully saturated rings. The Morgan fingerprint density at radius 3 is 1.77 bits per heavy atom. The lowest BCUT2D eigenvalue weighted by molar-refractivity contribution is 0.599. The van der Waals surface area contributed by atoms with Crippen molar-refractivity contribution in [1.29, 1.82) is 0 Å². The van der Waals surface area contributed by atoms with Gasteiger partial charge in [-0.05, 0) is 5.56 Å². The number of nitrogens with two attached hydrogens (primary N) is 2. The standard InChI is InChI=1S/C7H7Cl.H4N2O2S/c8-6-7-4-2-1-3-5-7;1-5(2,3)4/h1-5H,6H2;(H4,1,2,3,4). The van der Waals surface area contributed by atoms with Gasteiger partial charge in [-0.3, -0.25) is 0 Å². The molecule has 0 aliphatic rings. The van der Waals surface area contributed by atoms with Crippen LogP contribution in [0.15, 0.2) is 30.3 Å². The largest absolute Gasteiger partial charge is 0.271 e. The molecule has 4 nitrogen and oxygen atoms in total. The summed E-state index contributed by atoms with van der Waals surface area (Å²) < 4.78 is 18.4. The summed E-state index contributed by atoms with van der Waals surface area (Å²) in [6, 6.07) is 9.96. The molecule has 0 spiro atoms. The highest BCUT2D eigenvalue weighted by Crippen LogP contribution is 2.00. The van der Waals surface area contributed by atoms with Crippen LogP contribution >= 0.6 is 11.6 Å². The molecule has 0 bridgehead atoms. The lowest BCUT2D eigenvalue weighted by Gasteiger charge is -1.88. The Labute approximate surface area is 82.7 Å². The van der Waals surface area contributed by atoms with Gasteiger partial charge in [0.1, 0.15) is 0 Å². The minimum atomic E-state index is -3.67. The topological polar surface area (TPSA) is 86.2 Å². The predicted molar refractivity (Wildman–Crippen MR) is 53.3 cm³/mol. The summed E-state index contributed by atoms with van der Waals surface area (Å²) in [4.78, 5) is 0.